The van der Waals surface area contributed by atoms with Gasteiger partial charge in [0.2, 0.25) is 0 Å². The quantitative estimate of drug-likeness (QED) is 0.173. The highest BCUT2D eigenvalue weighted by atomic mass is 16.5. The maximum Gasteiger partial charge on any atom is 0.341 e. The van der Waals surface area contributed by atoms with Gasteiger partial charge in [-0.25, -0.2) is 4.79 Å². The molecule has 0 saturated heterocycles. The average molecular weight is 619 g/mol. The first-order valence-corrected chi connectivity index (χ1v) is 14.8. The molecule has 0 amide bonds. The minimum atomic E-state index is -0.710. The summed E-state index contributed by atoms with van der Waals surface area (Å²) < 4.78 is 23.5. The first-order valence-electron chi connectivity index (χ1n) is 14.8. The average Bonchev–Trinajstić information content (AvgIpc) is 3.46. The van der Waals surface area contributed by atoms with Gasteiger partial charge in [0.05, 0.1) is 44.9 Å². The summed E-state index contributed by atoms with van der Waals surface area (Å²) in [5.74, 6) is 0.180. The highest BCUT2D eigenvalue weighted by Gasteiger charge is 2.30. The van der Waals surface area contributed by atoms with Crippen molar-refractivity contribution in [2.75, 3.05) is 27.9 Å². The normalized spacial score (nSPS) is 11.8. The van der Waals surface area contributed by atoms with E-state index in [1.54, 1.807) is 49.1 Å². The minimum absolute atomic E-state index is 0.0510. The summed E-state index contributed by atoms with van der Waals surface area (Å²) in [7, 11) is 6.31. The summed E-state index contributed by atoms with van der Waals surface area (Å²) in [5, 5.41) is 13.2. The highest BCUT2D eigenvalue weighted by molar-refractivity contribution is 5.93. The molecule has 1 atom stereocenters. The molecule has 0 radical (unpaired) electrons. The molecule has 0 aliphatic heterocycles. The smallest absolute Gasteiger partial charge is 0.341 e. The second-order valence-electron chi connectivity index (χ2n) is 10.9. The number of nitrogens with one attached hydrogen (secondary N) is 1. The number of nitrogens with zero attached hydrogens (tertiary/aromatic N) is 1. The molecule has 6 aromatic rings. The number of H-pyrrole nitrogens is 1. The Morgan fingerprint density at radius 3 is 2.33 bits per heavy atom. The van der Waals surface area contributed by atoms with Gasteiger partial charge in [0.15, 0.2) is 0 Å². The lowest BCUT2D eigenvalue weighted by Gasteiger charge is -2.22. The number of benzene rings is 4. The van der Waals surface area contributed by atoms with Gasteiger partial charge < -0.3 is 33.6 Å². The summed E-state index contributed by atoms with van der Waals surface area (Å²) in [6.07, 6.45) is 0.332. The third-order valence-electron chi connectivity index (χ3n) is 8.38. The summed E-state index contributed by atoms with van der Waals surface area (Å²) in [4.78, 5) is 30.8. The van der Waals surface area contributed by atoms with Crippen LogP contribution in [0.4, 0.5) is 0 Å². The van der Waals surface area contributed by atoms with Crippen LogP contribution in [0, 0.1) is 0 Å². The number of aromatic hydroxyl groups is 1. The van der Waals surface area contributed by atoms with E-state index in [4.69, 9.17) is 18.9 Å². The summed E-state index contributed by atoms with van der Waals surface area (Å²) in [5.41, 5.74) is 3.95. The van der Waals surface area contributed by atoms with E-state index in [9.17, 15) is 14.7 Å². The van der Waals surface area contributed by atoms with Crippen LogP contribution >= 0.6 is 0 Å². The van der Waals surface area contributed by atoms with Crippen molar-refractivity contribution in [3.05, 3.63) is 129 Å². The Hall–Kier alpha value is -5.70. The predicted molar refractivity (Wildman–Crippen MR) is 177 cm³/mol. The SMILES string of the molecule is COc1cccc(C(c2[nH]c3ccccc3c2CCOC(=O)c2ccc(OC)cc2OC)c2c(O)c3ccccc3n(C)c2=O)c1. The number of para-hydroxylation sites is 2. The number of aromatic nitrogens is 2. The zero-order valence-corrected chi connectivity index (χ0v) is 26.0. The van der Waals surface area contributed by atoms with Crippen LogP contribution in [0.5, 0.6) is 23.0 Å². The number of methoxy groups -OCH3 is 3. The molecule has 2 aromatic heterocycles. The van der Waals surface area contributed by atoms with E-state index in [-0.39, 0.29) is 29.0 Å². The Morgan fingerprint density at radius 1 is 0.848 bits per heavy atom. The van der Waals surface area contributed by atoms with E-state index >= 15 is 0 Å². The number of carbonyl (C=O) groups is 1. The molecular weight excluding hydrogens is 584 g/mol. The fraction of sp³-hybridized carbons (Fsp3) is 0.189. The number of rotatable bonds is 10. The van der Waals surface area contributed by atoms with Crippen molar-refractivity contribution >= 4 is 27.8 Å². The molecule has 4 aromatic carbocycles. The Balaban J connectivity index is 1.48. The van der Waals surface area contributed by atoms with Gasteiger partial charge in [-0.05, 0) is 53.6 Å². The number of hydrogen-bond donors (Lipinski definition) is 2. The van der Waals surface area contributed by atoms with E-state index in [0.29, 0.717) is 40.3 Å². The maximum absolute atomic E-state index is 14.1. The summed E-state index contributed by atoms with van der Waals surface area (Å²) in [6, 6.07) is 27.4. The lowest BCUT2D eigenvalue weighted by atomic mass is 9.85. The second-order valence-corrected chi connectivity index (χ2v) is 10.9. The maximum atomic E-state index is 14.1. The third kappa shape index (κ3) is 5.40. The monoisotopic (exact) mass is 618 g/mol. The molecule has 0 aliphatic rings. The van der Waals surface area contributed by atoms with Gasteiger partial charge in [0, 0.05) is 41.5 Å². The van der Waals surface area contributed by atoms with Crippen LogP contribution in [-0.4, -0.2) is 48.6 Å². The number of pyridine rings is 1. The van der Waals surface area contributed by atoms with Gasteiger partial charge in [-0.1, -0.05) is 42.5 Å². The first-order chi connectivity index (χ1) is 22.4. The van der Waals surface area contributed by atoms with Crippen molar-refractivity contribution in [2.45, 2.75) is 12.3 Å². The van der Waals surface area contributed by atoms with Crippen LogP contribution in [-0.2, 0) is 18.2 Å². The van der Waals surface area contributed by atoms with Crippen molar-refractivity contribution in [1.82, 2.24) is 9.55 Å². The van der Waals surface area contributed by atoms with Crippen molar-refractivity contribution in [2.24, 2.45) is 7.05 Å². The van der Waals surface area contributed by atoms with Crippen molar-refractivity contribution in [1.29, 1.82) is 0 Å². The van der Waals surface area contributed by atoms with E-state index in [2.05, 4.69) is 4.98 Å². The summed E-state index contributed by atoms with van der Waals surface area (Å²) in [6.45, 7) is 0.0510. The topological polar surface area (TPSA) is 112 Å². The number of ether oxygens (including phenoxy) is 4. The van der Waals surface area contributed by atoms with Gasteiger partial charge >= 0.3 is 5.97 Å². The van der Waals surface area contributed by atoms with Gasteiger partial charge in [-0.2, -0.15) is 0 Å². The van der Waals surface area contributed by atoms with Crippen LogP contribution in [0.2, 0.25) is 0 Å². The lowest BCUT2D eigenvalue weighted by molar-refractivity contribution is 0.0505. The van der Waals surface area contributed by atoms with Crippen molar-refractivity contribution in [3.63, 3.8) is 0 Å². The molecule has 0 bridgehead atoms. The molecule has 2 heterocycles. The Kier molecular flexibility index (Phi) is 8.39. The fourth-order valence-electron chi connectivity index (χ4n) is 6.09. The molecular formula is C37H34N2O7. The van der Waals surface area contributed by atoms with Gasteiger partial charge in [-0.3, -0.25) is 4.79 Å². The second kappa shape index (κ2) is 12.7. The largest absolute Gasteiger partial charge is 0.507 e. The van der Waals surface area contributed by atoms with Crippen LogP contribution in [0.15, 0.2) is 95.8 Å². The molecule has 0 aliphatic carbocycles. The van der Waals surface area contributed by atoms with Crippen LogP contribution in [0.1, 0.15) is 38.7 Å². The van der Waals surface area contributed by atoms with Crippen LogP contribution in [0.3, 0.4) is 0 Å². The Labute approximate surface area is 265 Å². The molecule has 0 spiro atoms. The van der Waals surface area contributed by atoms with Crippen LogP contribution < -0.4 is 19.8 Å². The zero-order chi connectivity index (χ0) is 32.4. The number of aryl methyl sites for hydroxylation is 1. The molecule has 0 fully saturated rings. The Bertz CT molecular complexity index is 2130. The fourth-order valence-corrected chi connectivity index (χ4v) is 6.09. The van der Waals surface area contributed by atoms with Crippen molar-refractivity contribution in [3.8, 4) is 23.0 Å². The number of hydrogen-bond acceptors (Lipinski definition) is 7. The summed E-state index contributed by atoms with van der Waals surface area (Å²) >= 11 is 0. The van der Waals surface area contributed by atoms with Gasteiger partial charge in [-0.15, -0.1) is 0 Å². The standard InChI is InChI=1S/C37H34N2O7/c1-39-30-15-8-6-13-27(30)35(40)33(36(39)41)32(22-10-9-11-23(20-22)43-2)34-26(25-12-5-7-14-29(25)38-34)18-19-46-37(42)28-17-16-24(44-3)21-31(28)45-4/h5-17,20-21,32,38,40H,18-19H2,1-4H3. The number of fused-ring (bicyclic) bond motifs is 2. The first kappa shape index (κ1) is 30.3. The van der Waals surface area contributed by atoms with Gasteiger partial charge in [0.1, 0.15) is 28.6 Å². The zero-order valence-electron chi connectivity index (χ0n) is 26.0. The Morgan fingerprint density at radius 2 is 1.57 bits per heavy atom. The van der Waals surface area contributed by atoms with Crippen molar-refractivity contribution < 1.29 is 28.8 Å². The molecule has 234 valence electrons. The van der Waals surface area contributed by atoms with E-state index < -0.39 is 11.9 Å². The number of esters is 1. The van der Waals surface area contributed by atoms with E-state index in [0.717, 1.165) is 22.0 Å². The third-order valence-corrected chi connectivity index (χ3v) is 8.38. The molecule has 9 heteroatoms. The molecule has 46 heavy (non-hydrogen) atoms. The van der Waals surface area contributed by atoms with Gasteiger partial charge in [0.25, 0.3) is 5.56 Å². The molecule has 9 nitrogen and oxygen atoms in total. The number of aromatic amines is 1. The molecule has 2 N–H and O–H groups in total. The molecule has 1 unspecified atom stereocenters. The number of carbonyl (C=O) groups excluding carboxylic acids is 1. The highest BCUT2D eigenvalue weighted by Crippen LogP contribution is 2.41. The lowest BCUT2D eigenvalue weighted by Crippen LogP contribution is -2.25. The van der Waals surface area contributed by atoms with E-state index in [1.165, 1.54) is 14.2 Å². The minimum Gasteiger partial charge on any atom is -0.507 e. The van der Waals surface area contributed by atoms with Crippen LogP contribution in [0.25, 0.3) is 21.8 Å². The molecule has 6 rings (SSSR count). The van der Waals surface area contributed by atoms with E-state index in [1.807, 2.05) is 60.7 Å². The predicted octanol–water partition coefficient (Wildman–Crippen LogP) is 6.33. The molecule has 0 saturated carbocycles.